The quantitative estimate of drug-likeness (QED) is 0.0205. The van der Waals surface area contributed by atoms with Crippen molar-refractivity contribution >= 4 is 25.7 Å². The molecule has 3 atom stereocenters. The Morgan fingerprint density at radius 2 is 1.04 bits per heavy atom. The number of phosphoric ester groups is 1. The van der Waals surface area contributed by atoms with E-state index >= 15 is 0 Å². The number of amides is 1. The van der Waals surface area contributed by atoms with Crippen LogP contribution in [0.1, 0.15) is 174 Å². The summed E-state index contributed by atoms with van der Waals surface area (Å²) in [6, 6.07) is -1.55. The largest absolute Gasteiger partial charge is 0.480 e. The minimum atomic E-state index is -4.75. The lowest BCUT2D eigenvalue weighted by Crippen LogP contribution is -2.43. The van der Waals surface area contributed by atoms with Crippen molar-refractivity contribution in [1.82, 2.24) is 5.32 Å². The van der Waals surface area contributed by atoms with Crippen LogP contribution in [-0.4, -0.2) is 64.9 Å². The van der Waals surface area contributed by atoms with Crippen molar-refractivity contribution in [1.29, 1.82) is 0 Å². The van der Waals surface area contributed by atoms with Crippen molar-refractivity contribution in [3.63, 3.8) is 0 Å². The van der Waals surface area contributed by atoms with Crippen LogP contribution in [-0.2, 0) is 32.7 Å². The number of nitrogens with one attached hydrogen (secondary N) is 1. The zero-order valence-corrected chi connectivity index (χ0v) is 34.0. The molecule has 0 heterocycles. The molecular formula is C41H74NO10P. The topological polar surface area (TPSA) is 169 Å². The van der Waals surface area contributed by atoms with Crippen molar-refractivity contribution < 1.29 is 47.8 Å². The molecule has 0 fully saturated rings. The summed E-state index contributed by atoms with van der Waals surface area (Å²) in [7, 11) is -4.75. The summed E-state index contributed by atoms with van der Waals surface area (Å²) < 4.78 is 26.8. The van der Waals surface area contributed by atoms with Crippen LogP contribution in [0.2, 0.25) is 0 Å². The summed E-state index contributed by atoms with van der Waals surface area (Å²) in [5.74, 6) is -2.40. The molecule has 0 aliphatic carbocycles. The smallest absolute Gasteiger partial charge is 0.472 e. The summed E-state index contributed by atoms with van der Waals surface area (Å²) in [5, 5.41) is 21.8. The highest BCUT2D eigenvalue weighted by Gasteiger charge is 2.28. The average Bonchev–Trinajstić information content (AvgIpc) is 3.13. The zero-order valence-electron chi connectivity index (χ0n) is 33.1. The number of aliphatic carboxylic acids is 1. The molecule has 0 aromatic heterocycles. The minimum absolute atomic E-state index is 0.134. The predicted molar refractivity (Wildman–Crippen MR) is 212 cm³/mol. The van der Waals surface area contributed by atoms with Gasteiger partial charge in [0.1, 0.15) is 12.7 Å². The molecule has 3 unspecified atom stereocenters. The number of esters is 1. The highest BCUT2D eigenvalue weighted by Crippen LogP contribution is 2.43. The second-order valence-corrected chi connectivity index (χ2v) is 15.3. The normalized spacial score (nSPS) is 14.2. The number of carbonyl (C=O) groups is 3. The second kappa shape index (κ2) is 36.7. The van der Waals surface area contributed by atoms with Crippen LogP contribution in [0.4, 0.5) is 0 Å². The van der Waals surface area contributed by atoms with E-state index in [1.54, 1.807) is 0 Å². The van der Waals surface area contributed by atoms with E-state index < -0.39 is 57.6 Å². The Balaban J connectivity index is 3.93. The molecule has 0 bridgehead atoms. The van der Waals surface area contributed by atoms with E-state index in [0.29, 0.717) is 12.8 Å². The molecule has 0 radical (unpaired) electrons. The maximum absolute atomic E-state index is 12.2. The van der Waals surface area contributed by atoms with Crippen molar-refractivity contribution in [2.24, 2.45) is 0 Å². The van der Waals surface area contributed by atoms with Gasteiger partial charge in [0.25, 0.3) is 0 Å². The maximum Gasteiger partial charge on any atom is 0.472 e. The zero-order chi connectivity index (χ0) is 39.3. The lowest BCUT2D eigenvalue weighted by atomic mass is 10.1. The SMILES string of the molecule is CCCCC/C=C\C/C=C\CCCCCCCCCC(=O)OCC(O)COP(=O)(O)OCC(NC(=O)CCCCCCC/C=C\CCCCC)C(=O)O. The number of rotatable bonds is 38. The molecule has 53 heavy (non-hydrogen) atoms. The Morgan fingerprint density at radius 3 is 1.55 bits per heavy atom. The number of carboxylic acid groups (broad SMARTS) is 1. The second-order valence-electron chi connectivity index (χ2n) is 13.8. The minimum Gasteiger partial charge on any atom is -0.480 e. The molecule has 4 N–H and O–H groups in total. The van der Waals surface area contributed by atoms with Crippen LogP contribution in [0.5, 0.6) is 0 Å². The Kier molecular flexibility index (Phi) is 35.1. The van der Waals surface area contributed by atoms with Crippen LogP contribution >= 0.6 is 7.82 Å². The summed E-state index contributed by atoms with van der Waals surface area (Å²) in [6.07, 6.45) is 37.4. The molecule has 0 aliphatic rings. The molecule has 0 rings (SSSR count). The average molecular weight is 772 g/mol. The third-order valence-corrected chi connectivity index (χ3v) is 9.60. The van der Waals surface area contributed by atoms with E-state index in [1.165, 1.54) is 64.2 Å². The van der Waals surface area contributed by atoms with E-state index in [4.69, 9.17) is 13.8 Å². The van der Waals surface area contributed by atoms with Gasteiger partial charge in [-0.3, -0.25) is 18.6 Å². The third kappa shape index (κ3) is 36.4. The van der Waals surface area contributed by atoms with E-state index in [2.05, 4.69) is 55.6 Å². The summed E-state index contributed by atoms with van der Waals surface area (Å²) >= 11 is 0. The summed E-state index contributed by atoms with van der Waals surface area (Å²) in [4.78, 5) is 45.7. The number of allylic oxidation sites excluding steroid dienone is 6. The molecule has 0 spiro atoms. The lowest BCUT2D eigenvalue weighted by Gasteiger charge is -2.18. The first-order chi connectivity index (χ1) is 25.6. The van der Waals surface area contributed by atoms with Gasteiger partial charge >= 0.3 is 19.8 Å². The Bertz CT molecular complexity index is 1050. The number of phosphoric acid groups is 1. The molecule has 0 aromatic rings. The Labute approximate surface area is 321 Å². The van der Waals surface area contributed by atoms with Crippen LogP contribution in [0.15, 0.2) is 36.5 Å². The van der Waals surface area contributed by atoms with E-state index in [-0.39, 0.29) is 12.8 Å². The predicted octanol–water partition coefficient (Wildman–Crippen LogP) is 10.1. The first-order valence-corrected chi connectivity index (χ1v) is 22.0. The van der Waals surface area contributed by atoms with Gasteiger partial charge in [0.15, 0.2) is 6.04 Å². The van der Waals surface area contributed by atoms with E-state index in [1.807, 2.05) is 0 Å². The molecular weight excluding hydrogens is 697 g/mol. The molecule has 11 nitrogen and oxygen atoms in total. The van der Waals surface area contributed by atoms with Crippen molar-refractivity contribution in [2.45, 2.75) is 187 Å². The molecule has 308 valence electrons. The fraction of sp³-hybridized carbons (Fsp3) is 0.780. The summed E-state index contributed by atoms with van der Waals surface area (Å²) in [6.45, 7) is 2.51. The number of hydrogen-bond acceptors (Lipinski definition) is 8. The van der Waals surface area contributed by atoms with Gasteiger partial charge in [0, 0.05) is 12.8 Å². The van der Waals surface area contributed by atoms with Gasteiger partial charge in [0.2, 0.25) is 5.91 Å². The van der Waals surface area contributed by atoms with Gasteiger partial charge in [-0.15, -0.1) is 0 Å². The maximum atomic E-state index is 12.2. The monoisotopic (exact) mass is 772 g/mol. The fourth-order valence-electron chi connectivity index (χ4n) is 5.40. The number of aliphatic hydroxyl groups excluding tert-OH is 1. The number of ether oxygens (including phenoxy) is 1. The van der Waals surface area contributed by atoms with Crippen molar-refractivity contribution in [3.05, 3.63) is 36.5 Å². The van der Waals surface area contributed by atoms with Crippen LogP contribution in [0, 0.1) is 0 Å². The first kappa shape index (κ1) is 50.7. The fourth-order valence-corrected chi connectivity index (χ4v) is 6.17. The number of hydrogen-bond donors (Lipinski definition) is 4. The van der Waals surface area contributed by atoms with Gasteiger partial charge in [-0.1, -0.05) is 127 Å². The molecule has 1 amide bonds. The van der Waals surface area contributed by atoms with Crippen LogP contribution in [0.25, 0.3) is 0 Å². The van der Waals surface area contributed by atoms with Gasteiger partial charge in [-0.25, -0.2) is 9.36 Å². The molecule has 0 aliphatic heterocycles. The van der Waals surface area contributed by atoms with Gasteiger partial charge in [0.05, 0.1) is 13.2 Å². The first-order valence-electron chi connectivity index (χ1n) is 20.5. The number of aliphatic hydroxyl groups is 1. The van der Waals surface area contributed by atoms with Crippen molar-refractivity contribution in [3.8, 4) is 0 Å². The van der Waals surface area contributed by atoms with E-state index in [9.17, 15) is 34.1 Å². The van der Waals surface area contributed by atoms with Crippen LogP contribution < -0.4 is 5.32 Å². The Hall–Kier alpha value is -2.30. The van der Waals surface area contributed by atoms with Crippen molar-refractivity contribution in [2.75, 3.05) is 19.8 Å². The summed E-state index contributed by atoms with van der Waals surface area (Å²) in [5.41, 5.74) is 0. The number of carbonyl (C=O) groups excluding carboxylic acids is 2. The Morgan fingerprint density at radius 1 is 0.604 bits per heavy atom. The van der Waals surface area contributed by atoms with E-state index in [0.717, 1.165) is 70.6 Å². The van der Waals surface area contributed by atoms with Crippen LogP contribution in [0.3, 0.4) is 0 Å². The highest BCUT2D eigenvalue weighted by atomic mass is 31.2. The van der Waals surface area contributed by atoms with Gasteiger partial charge in [-0.2, -0.15) is 0 Å². The highest BCUT2D eigenvalue weighted by molar-refractivity contribution is 7.47. The van der Waals surface area contributed by atoms with Gasteiger partial charge < -0.3 is 25.2 Å². The third-order valence-electron chi connectivity index (χ3n) is 8.65. The standard InChI is InChI=1S/C41H74NO10P/c1-3-5-7-9-11-13-15-17-18-19-20-21-23-25-27-29-31-33-40(45)50-34-37(43)35-51-53(48,49)52-36-38(41(46)47)42-39(44)32-30-28-26-24-22-16-14-12-10-8-6-4-2/h11-14,17-18,37-38,43H,3-10,15-16,19-36H2,1-2H3,(H,42,44)(H,46,47)(H,48,49)/b13-11-,14-12-,18-17-. The van der Waals surface area contributed by atoms with Gasteiger partial charge in [-0.05, 0) is 70.6 Å². The number of carboxylic acids is 1. The molecule has 0 saturated heterocycles. The number of unbranched alkanes of at least 4 members (excludes halogenated alkanes) is 18. The molecule has 0 aromatic carbocycles. The molecule has 0 saturated carbocycles. The molecule has 12 heteroatoms. The lowest BCUT2D eigenvalue weighted by molar-refractivity contribution is -0.147.